The lowest BCUT2D eigenvalue weighted by Gasteiger charge is -2.31. The maximum absolute atomic E-state index is 12.4. The van der Waals surface area contributed by atoms with E-state index in [1.54, 1.807) is 30.3 Å². The molecule has 3 amide bonds. The summed E-state index contributed by atoms with van der Waals surface area (Å²) in [6.07, 6.45) is 4.29. The second-order valence-corrected chi connectivity index (χ2v) is 7.89. The normalized spacial score (nSPS) is 16.7. The summed E-state index contributed by atoms with van der Waals surface area (Å²) >= 11 is 0. The molecule has 0 unspecified atom stereocenters. The summed E-state index contributed by atoms with van der Waals surface area (Å²) < 4.78 is 0. The fourth-order valence-electron chi connectivity index (χ4n) is 3.87. The first-order chi connectivity index (χ1) is 14.5. The van der Waals surface area contributed by atoms with E-state index < -0.39 is 0 Å². The summed E-state index contributed by atoms with van der Waals surface area (Å²) in [4.78, 5) is 48.9. The lowest BCUT2D eigenvalue weighted by Crippen LogP contribution is -2.33. The highest BCUT2D eigenvalue weighted by atomic mass is 16.2. The minimum absolute atomic E-state index is 0.188. The van der Waals surface area contributed by atoms with Gasteiger partial charge in [0.25, 0.3) is 11.8 Å². The zero-order valence-electron chi connectivity index (χ0n) is 17.0. The molecule has 1 N–H and O–H groups in total. The summed E-state index contributed by atoms with van der Waals surface area (Å²) in [5.74, 6) is 1.20. The van der Waals surface area contributed by atoms with Crippen LogP contribution in [0.4, 0.5) is 11.6 Å². The molecule has 1 fully saturated rings. The molecule has 2 aliphatic rings. The van der Waals surface area contributed by atoms with Crippen molar-refractivity contribution in [1.82, 2.24) is 14.9 Å². The van der Waals surface area contributed by atoms with Crippen molar-refractivity contribution in [3.05, 3.63) is 47.8 Å². The summed E-state index contributed by atoms with van der Waals surface area (Å²) in [5.41, 5.74) is 0.847. The number of carbonyl (C=O) groups excluding carboxylic acids is 3. The van der Waals surface area contributed by atoms with Crippen LogP contribution in [0.25, 0.3) is 0 Å². The van der Waals surface area contributed by atoms with E-state index in [1.807, 2.05) is 0 Å². The van der Waals surface area contributed by atoms with Crippen LogP contribution in [0.5, 0.6) is 0 Å². The van der Waals surface area contributed by atoms with Crippen LogP contribution in [0.2, 0.25) is 0 Å². The van der Waals surface area contributed by atoms with Crippen LogP contribution in [0.1, 0.15) is 53.3 Å². The fraction of sp³-hybridized carbons (Fsp3) is 0.409. The molecule has 4 rings (SSSR count). The smallest absolute Gasteiger partial charge is 0.261 e. The number of anilines is 2. The van der Waals surface area contributed by atoms with Crippen LogP contribution in [0.15, 0.2) is 36.7 Å². The average molecular weight is 407 g/mol. The molecule has 0 saturated carbocycles. The predicted molar refractivity (Wildman–Crippen MR) is 112 cm³/mol. The number of imide groups is 1. The van der Waals surface area contributed by atoms with Gasteiger partial charge in [0, 0.05) is 32.1 Å². The first-order valence-corrected chi connectivity index (χ1v) is 10.3. The zero-order valence-corrected chi connectivity index (χ0v) is 17.0. The zero-order chi connectivity index (χ0) is 21.1. The highest BCUT2D eigenvalue weighted by molar-refractivity contribution is 6.21. The monoisotopic (exact) mass is 407 g/mol. The minimum atomic E-state index is -0.299. The molecule has 0 bridgehead atoms. The number of rotatable bonds is 6. The van der Waals surface area contributed by atoms with E-state index in [1.165, 1.54) is 11.2 Å². The van der Waals surface area contributed by atoms with Crippen molar-refractivity contribution < 1.29 is 14.4 Å². The molecule has 0 atom stereocenters. The van der Waals surface area contributed by atoms with E-state index in [-0.39, 0.29) is 30.7 Å². The predicted octanol–water partition coefficient (Wildman–Crippen LogP) is 2.73. The first-order valence-electron chi connectivity index (χ1n) is 10.3. The van der Waals surface area contributed by atoms with Gasteiger partial charge >= 0.3 is 0 Å². The molecule has 2 aliphatic heterocycles. The minimum Gasteiger partial charge on any atom is -0.356 e. The number of nitrogens with zero attached hydrogens (tertiary/aromatic N) is 4. The van der Waals surface area contributed by atoms with Crippen molar-refractivity contribution in [3.8, 4) is 0 Å². The Kier molecular flexibility index (Phi) is 5.74. The Hall–Kier alpha value is -3.29. The van der Waals surface area contributed by atoms with E-state index in [2.05, 4.69) is 27.1 Å². The second-order valence-electron chi connectivity index (χ2n) is 7.89. The van der Waals surface area contributed by atoms with E-state index in [0.29, 0.717) is 23.4 Å². The van der Waals surface area contributed by atoms with Gasteiger partial charge in [-0.05, 0) is 37.3 Å². The molecule has 3 heterocycles. The van der Waals surface area contributed by atoms with Crippen molar-refractivity contribution in [2.24, 2.45) is 5.92 Å². The standard InChI is InChI=1S/C22H25N5O3/c1-15-8-11-26(12-9-15)19-13-18(23-14-24-19)25-20(28)7-4-10-27-21(29)16-5-2-3-6-17(16)22(27)30/h2-3,5-6,13-15H,4,7-12H2,1H3,(H,23,24,25,28). The van der Waals surface area contributed by atoms with Gasteiger partial charge in [0.2, 0.25) is 5.91 Å². The van der Waals surface area contributed by atoms with E-state index in [4.69, 9.17) is 0 Å². The molecule has 1 aromatic carbocycles. The molecular weight excluding hydrogens is 382 g/mol. The van der Waals surface area contributed by atoms with Gasteiger partial charge in [0.05, 0.1) is 11.1 Å². The number of amides is 3. The maximum atomic E-state index is 12.4. The molecule has 0 aliphatic carbocycles. The Morgan fingerprint density at radius 3 is 2.43 bits per heavy atom. The summed E-state index contributed by atoms with van der Waals surface area (Å²) in [6.45, 7) is 4.36. The Morgan fingerprint density at radius 2 is 1.77 bits per heavy atom. The lowest BCUT2D eigenvalue weighted by molar-refractivity contribution is -0.116. The third-order valence-electron chi connectivity index (χ3n) is 5.69. The van der Waals surface area contributed by atoms with Crippen molar-refractivity contribution in [1.29, 1.82) is 0 Å². The molecule has 156 valence electrons. The Morgan fingerprint density at radius 1 is 1.10 bits per heavy atom. The number of carbonyl (C=O) groups is 3. The molecule has 1 aromatic heterocycles. The number of aromatic nitrogens is 2. The lowest BCUT2D eigenvalue weighted by atomic mass is 9.99. The Labute approximate surface area is 175 Å². The van der Waals surface area contributed by atoms with Gasteiger partial charge in [-0.1, -0.05) is 19.1 Å². The number of piperidine rings is 1. The highest BCUT2D eigenvalue weighted by Gasteiger charge is 2.34. The molecule has 0 spiro atoms. The van der Waals surface area contributed by atoms with Gasteiger partial charge in [-0.3, -0.25) is 19.3 Å². The number of hydrogen-bond donors (Lipinski definition) is 1. The average Bonchev–Trinajstić information content (AvgIpc) is 2.99. The number of nitrogens with one attached hydrogen (secondary N) is 1. The third-order valence-corrected chi connectivity index (χ3v) is 5.69. The van der Waals surface area contributed by atoms with E-state index >= 15 is 0 Å². The quantitative estimate of drug-likeness (QED) is 0.740. The van der Waals surface area contributed by atoms with Crippen LogP contribution < -0.4 is 10.2 Å². The van der Waals surface area contributed by atoms with Gasteiger partial charge < -0.3 is 10.2 Å². The van der Waals surface area contributed by atoms with Crippen molar-refractivity contribution in [3.63, 3.8) is 0 Å². The number of fused-ring (bicyclic) bond motifs is 1. The van der Waals surface area contributed by atoms with Crippen LogP contribution in [-0.4, -0.2) is 52.2 Å². The largest absolute Gasteiger partial charge is 0.356 e. The highest BCUT2D eigenvalue weighted by Crippen LogP contribution is 2.24. The maximum Gasteiger partial charge on any atom is 0.261 e. The number of hydrogen-bond acceptors (Lipinski definition) is 6. The van der Waals surface area contributed by atoms with Gasteiger partial charge in [0.1, 0.15) is 18.0 Å². The summed E-state index contributed by atoms with van der Waals surface area (Å²) in [7, 11) is 0. The number of benzene rings is 1. The third kappa shape index (κ3) is 4.17. The van der Waals surface area contributed by atoms with Gasteiger partial charge in [0.15, 0.2) is 0 Å². The topological polar surface area (TPSA) is 95.5 Å². The van der Waals surface area contributed by atoms with Crippen LogP contribution in [0.3, 0.4) is 0 Å². The molecule has 30 heavy (non-hydrogen) atoms. The molecule has 1 saturated heterocycles. The van der Waals surface area contributed by atoms with Crippen molar-refractivity contribution in [2.45, 2.75) is 32.6 Å². The molecule has 8 nitrogen and oxygen atoms in total. The summed E-state index contributed by atoms with van der Waals surface area (Å²) in [6, 6.07) is 8.57. The van der Waals surface area contributed by atoms with E-state index in [9.17, 15) is 14.4 Å². The summed E-state index contributed by atoms with van der Waals surface area (Å²) in [5, 5.41) is 2.79. The van der Waals surface area contributed by atoms with Gasteiger partial charge in [-0.15, -0.1) is 0 Å². The van der Waals surface area contributed by atoms with E-state index in [0.717, 1.165) is 37.7 Å². The molecular formula is C22H25N5O3. The Bertz CT molecular complexity index is 934. The van der Waals surface area contributed by atoms with Gasteiger partial charge in [-0.25, -0.2) is 9.97 Å². The first kappa shape index (κ1) is 20.0. The molecule has 0 radical (unpaired) electrons. The van der Waals surface area contributed by atoms with Gasteiger partial charge in [-0.2, -0.15) is 0 Å². The van der Waals surface area contributed by atoms with Crippen LogP contribution in [-0.2, 0) is 4.79 Å². The fourth-order valence-corrected chi connectivity index (χ4v) is 3.87. The van der Waals surface area contributed by atoms with Crippen molar-refractivity contribution in [2.75, 3.05) is 29.9 Å². The van der Waals surface area contributed by atoms with Crippen LogP contribution in [0, 0.1) is 5.92 Å². The second kappa shape index (κ2) is 8.61. The Balaban J connectivity index is 1.28. The molecule has 8 heteroatoms. The SMILES string of the molecule is CC1CCN(c2cc(NC(=O)CCCN3C(=O)c4ccccc4C3=O)ncn2)CC1. The van der Waals surface area contributed by atoms with Crippen LogP contribution >= 0.6 is 0 Å². The molecule has 2 aromatic rings. The van der Waals surface area contributed by atoms with Crippen molar-refractivity contribution >= 4 is 29.4 Å².